The Kier molecular flexibility index (Phi) is 5.88. The van der Waals surface area contributed by atoms with E-state index in [0.717, 1.165) is 38.1 Å². The zero-order valence-corrected chi connectivity index (χ0v) is 12.9. The molecule has 2 aliphatic carbocycles. The summed E-state index contributed by atoms with van der Waals surface area (Å²) < 4.78 is 0. The highest BCUT2D eigenvalue weighted by atomic mass is 16.4. The van der Waals surface area contributed by atoms with Gasteiger partial charge in [-0.25, -0.2) is 4.79 Å². The Balaban J connectivity index is 1.58. The van der Waals surface area contributed by atoms with Gasteiger partial charge in [-0.05, 0) is 49.9 Å². The fourth-order valence-electron chi connectivity index (χ4n) is 3.66. The third kappa shape index (κ3) is 4.90. The van der Waals surface area contributed by atoms with Gasteiger partial charge in [0.25, 0.3) is 0 Å². The van der Waals surface area contributed by atoms with E-state index >= 15 is 0 Å². The largest absolute Gasteiger partial charge is 0.481 e. The molecule has 2 atom stereocenters. The second kappa shape index (κ2) is 7.66. The fourth-order valence-corrected chi connectivity index (χ4v) is 3.66. The summed E-state index contributed by atoms with van der Waals surface area (Å²) in [4.78, 5) is 22.7. The zero-order valence-electron chi connectivity index (χ0n) is 12.9. The summed E-state index contributed by atoms with van der Waals surface area (Å²) in [7, 11) is 0. The molecule has 0 radical (unpaired) electrons. The van der Waals surface area contributed by atoms with Crippen molar-refractivity contribution in [2.75, 3.05) is 13.1 Å². The van der Waals surface area contributed by atoms with Crippen LogP contribution in [0.1, 0.15) is 51.9 Å². The van der Waals surface area contributed by atoms with Crippen molar-refractivity contribution in [3.05, 3.63) is 0 Å². The highest BCUT2D eigenvalue weighted by molar-refractivity contribution is 5.73. The van der Waals surface area contributed by atoms with Gasteiger partial charge in [-0.2, -0.15) is 0 Å². The Morgan fingerprint density at radius 2 is 1.67 bits per heavy atom. The van der Waals surface area contributed by atoms with Crippen LogP contribution < -0.4 is 10.6 Å². The van der Waals surface area contributed by atoms with Crippen LogP contribution in [-0.4, -0.2) is 30.2 Å². The van der Waals surface area contributed by atoms with E-state index in [2.05, 4.69) is 17.6 Å². The molecular formula is C16H28N2O3. The van der Waals surface area contributed by atoms with Crippen LogP contribution in [0.5, 0.6) is 0 Å². The lowest BCUT2D eigenvalue weighted by molar-refractivity contribution is -0.143. The van der Waals surface area contributed by atoms with Crippen molar-refractivity contribution in [2.24, 2.45) is 23.7 Å². The summed E-state index contributed by atoms with van der Waals surface area (Å²) >= 11 is 0. The van der Waals surface area contributed by atoms with E-state index in [-0.39, 0.29) is 11.9 Å². The molecule has 0 saturated heterocycles. The highest BCUT2D eigenvalue weighted by Gasteiger charge is 2.26. The first-order valence-corrected chi connectivity index (χ1v) is 8.30. The Morgan fingerprint density at radius 3 is 2.24 bits per heavy atom. The second-order valence-electron chi connectivity index (χ2n) is 6.82. The van der Waals surface area contributed by atoms with E-state index in [0.29, 0.717) is 18.4 Å². The van der Waals surface area contributed by atoms with Gasteiger partial charge in [0.05, 0.1) is 5.92 Å². The van der Waals surface area contributed by atoms with E-state index in [1.807, 2.05) is 0 Å². The lowest BCUT2D eigenvalue weighted by Crippen LogP contribution is -2.41. The molecule has 0 aromatic carbocycles. The molecule has 21 heavy (non-hydrogen) atoms. The molecule has 0 aromatic rings. The van der Waals surface area contributed by atoms with E-state index in [1.54, 1.807) is 0 Å². The first-order chi connectivity index (χ1) is 10.1. The number of carbonyl (C=O) groups excluding carboxylic acids is 1. The number of hydrogen-bond donors (Lipinski definition) is 3. The van der Waals surface area contributed by atoms with Gasteiger partial charge in [-0.3, -0.25) is 4.79 Å². The van der Waals surface area contributed by atoms with Crippen molar-refractivity contribution >= 4 is 12.0 Å². The normalized spacial score (nSPS) is 32.6. The molecule has 3 N–H and O–H groups in total. The van der Waals surface area contributed by atoms with Crippen molar-refractivity contribution < 1.29 is 14.7 Å². The minimum Gasteiger partial charge on any atom is -0.481 e. The van der Waals surface area contributed by atoms with E-state index in [4.69, 9.17) is 5.11 Å². The van der Waals surface area contributed by atoms with Crippen LogP contribution in [-0.2, 0) is 4.79 Å². The van der Waals surface area contributed by atoms with Gasteiger partial charge in [-0.15, -0.1) is 0 Å². The van der Waals surface area contributed by atoms with Crippen molar-refractivity contribution in [3.63, 3.8) is 0 Å². The summed E-state index contributed by atoms with van der Waals surface area (Å²) in [6.45, 7) is 3.70. The summed E-state index contributed by atoms with van der Waals surface area (Å²) in [6, 6.07) is -0.0746. The molecule has 5 heteroatoms. The Labute approximate surface area is 126 Å². The molecule has 0 heterocycles. The molecule has 2 amide bonds. The lowest BCUT2D eigenvalue weighted by Gasteiger charge is -2.26. The van der Waals surface area contributed by atoms with Crippen LogP contribution >= 0.6 is 0 Å². The summed E-state index contributed by atoms with van der Waals surface area (Å²) in [5.74, 6) is 0.916. The number of carboxylic acid groups (broad SMARTS) is 1. The average molecular weight is 296 g/mol. The average Bonchev–Trinajstić information content (AvgIpc) is 2.88. The summed E-state index contributed by atoms with van der Waals surface area (Å²) in [6.07, 6.45) is 7.06. The number of carboxylic acids is 1. The van der Waals surface area contributed by atoms with Gasteiger partial charge in [0, 0.05) is 13.1 Å². The van der Waals surface area contributed by atoms with Gasteiger partial charge in [0.15, 0.2) is 0 Å². The smallest absolute Gasteiger partial charge is 0.314 e. The number of urea groups is 1. The number of nitrogens with one attached hydrogen (secondary N) is 2. The molecule has 0 aromatic heterocycles. The highest BCUT2D eigenvalue weighted by Crippen LogP contribution is 2.30. The molecule has 2 aliphatic rings. The Hall–Kier alpha value is -1.26. The number of aliphatic carboxylic acids is 1. The molecule has 5 nitrogen and oxygen atoms in total. The predicted octanol–water partition coefficient (Wildman–Crippen LogP) is 2.61. The molecule has 0 aliphatic heterocycles. The van der Waals surface area contributed by atoms with Gasteiger partial charge in [-0.1, -0.05) is 19.8 Å². The van der Waals surface area contributed by atoms with Crippen LogP contribution in [0.4, 0.5) is 4.79 Å². The quantitative estimate of drug-likeness (QED) is 0.729. The van der Waals surface area contributed by atoms with Gasteiger partial charge in [0.1, 0.15) is 0 Å². The van der Waals surface area contributed by atoms with Gasteiger partial charge >= 0.3 is 12.0 Å². The van der Waals surface area contributed by atoms with Gasteiger partial charge in [0.2, 0.25) is 0 Å². The third-order valence-electron chi connectivity index (χ3n) is 5.31. The number of amides is 2. The minimum absolute atomic E-state index is 0.0746. The standard InChI is InChI=1S/C16H28N2O3/c1-11-3-2-4-14(11)10-18-16(21)17-9-12-5-7-13(8-6-12)15(19)20/h11-14H,2-10H2,1H3,(H,19,20)(H2,17,18,21). The third-order valence-corrected chi connectivity index (χ3v) is 5.31. The first-order valence-electron chi connectivity index (χ1n) is 8.30. The molecule has 0 bridgehead atoms. The van der Waals surface area contributed by atoms with Crippen molar-refractivity contribution in [1.82, 2.24) is 10.6 Å². The maximum absolute atomic E-state index is 11.8. The molecular weight excluding hydrogens is 268 g/mol. The molecule has 0 spiro atoms. The van der Waals surface area contributed by atoms with Crippen LogP contribution in [0.25, 0.3) is 0 Å². The molecule has 2 rings (SSSR count). The number of hydrogen-bond acceptors (Lipinski definition) is 2. The minimum atomic E-state index is -0.676. The monoisotopic (exact) mass is 296 g/mol. The van der Waals surface area contributed by atoms with Crippen molar-refractivity contribution in [2.45, 2.75) is 51.9 Å². The van der Waals surface area contributed by atoms with Crippen molar-refractivity contribution in [1.29, 1.82) is 0 Å². The summed E-state index contributed by atoms with van der Waals surface area (Å²) in [5, 5.41) is 14.9. The van der Waals surface area contributed by atoms with Crippen LogP contribution in [0.3, 0.4) is 0 Å². The maximum Gasteiger partial charge on any atom is 0.314 e. The number of rotatable bonds is 5. The molecule has 2 unspecified atom stereocenters. The van der Waals surface area contributed by atoms with Crippen molar-refractivity contribution in [3.8, 4) is 0 Å². The van der Waals surface area contributed by atoms with E-state index < -0.39 is 5.97 Å². The topological polar surface area (TPSA) is 78.4 Å². The molecule has 120 valence electrons. The van der Waals surface area contributed by atoms with E-state index in [1.165, 1.54) is 19.3 Å². The predicted molar refractivity (Wildman–Crippen MR) is 81.0 cm³/mol. The maximum atomic E-state index is 11.8. The van der Waals surface area contributed by atoms with Crippen LogP contribution in [0.15, 0.2) is 0 Å². The SMILES string of the molecule is CC1CCCC1CNC(=O)NCC1CCC(C(=O)O)CC1. The van der Waals surface area contributed by atoms with Crippen LogP contribution in [0.2, 0.25) is 0 Å². The van der Waals surface area contributed by atoms with E-state index in [9.17, 15) is 9.59 Å². The fraction of sp³-hybridized carbons (Fsp3) is 0.875. The lowest BCUT2D eigenvalue weighted by atomic mass is 9.82. The Morgan fingerprint density at radius 1 is 1.00 bits per heavy atom. The molecule has 2 saturated carbocycles. The molecule has 2 fully saturated rings. The van der Waals surface area contributed by atoms with Gasteiger partial charge < -0.3 is 15.7 Å². The van der Waals surface area contributed by atoms with Crippen LogP contribution in [0, 0.1) is 23.7 Å². The Bertz CT molecular complexity index is 365. The zero-order chi connectivity index (χ0) is 15.2. The second-order valence-corrected chi connectivity index (χ2v) is 6.82. The first kappa shape index (κ1) is 16.1. The number of carbonyl (C=O) groups is 2. The summed E-state index contributed by atoms with van der Waals surface area (Å²) in [5.41, 5.74) is 0.